The Kier molecular flexibility index (Phi) is 4.40. The lowest BCUT2D eigenvalue weighted by molar-refractivity contribution is -0.220. The molecule has 0 aromatic rings. The maximum Gasteiger partial charge on any atom is 0.348 e. The third-order valence-corrected chi connectivity index (χ3v) is 8.45. The second kappa shape index (κ2) is 6.57. The Morgan fingerprint density at radius 1 is 1.20 bits per heavy atom. The molecule has 4 saturated carbocycles. The van der Waals surface area contributed by atoms with E-state index in [-0.39, 0.29) is 24.0 Å². The monoisotopic (exact) mass is 416 g/mol. The van der Waals surface area contributed by atoms with E-state index in [1.54, 1.807) is 0 Å². The molecule has 0 N–H and O–H groups in total. The van der Waals surface area contributed by atoms with Crippen LogP contribution in [0.4, 0.5) is 0 Å². The second-order valence-corrected chi connectivity index (χ2v) is 11.1. The maximum absolute atomic E-state index is 13.5. The van der Waals surface area contributed by atoms with Gasteiger partial charge in [0.25, 0.3) is 0 Å². The number of rotatable bonds is 5. The van der Waals surface area contributed by atoms with Crippen molar-refractivity contribution in [1.82, 2.24) is 0 Å². The smallest absolute Gasteiger partial charge is 0.348 e. The van der Waals surface area contributed by atoms with Crippen LogP contribution in [-0.4, -0.2) is 35.7 Å². The van der Waals surface area contributed by atoms with Crippen LogP contribution in [0.2, 0.25) is 0 Å². The lowest BCUT2D eigenvalue weighted by Gasteiger charge is -2.60. The molecule has 0 radical (unpaired) electrons. The fraction of sp³-hybridized carbons (Fsp3) is 0.792. The number of allylic oxidation sites excluding steroid dienone is 1. The van der Waals surface area contributed by atoms with E-state index in [0.717, 1.165) is 32.1 Å². The van der Waals surface area contributed by atoms with Crippen LogP contribution < -0.4 is 0 Å². The van der Waals surface area contributed by atoms with Crippen molar-refractivity contribution in [3.8, 4) is 0 Å². The molecular weight excluding hydrogens is 384 g/mol. The van der Waals surface area contributed by atoms with Gasteiger partial charge in [0.05, 0.1) is 16.7 Å². The highest BCUT2D eigenvalue weighted by Gasteiger charge is 2.64. The molecule has 5 aliphatic carbocycles. The van der Waals surface area contributed by atoms with Gasteiger partial charge in [0.1, 0.15) is 11.7 Å². The molecule has 1 heterocycles. The normalized spacial score (nSPS) is 43.4. The van der Waals surface area contributed by atoms with Crippen molar-refractivity contribution < 1.29 is 28.6 Å². The van der Waals surface area contributed by atoms with E-state index in [1.807, 2.05) is 32.9 Å². The average molecular weight is 417 g/mol. The number of carbonyl (C=O) groups excluding carboxylic acids is 3. The predicted octanol–water partition coefficient (Wildman–Crippen LogP) is 3.72. The van der Waals surface area contributed by atoms with Crippen LogP contribution in [0.25, 0.3) is 0 Å². The van der Waals surface area contributed by atoms with Crippen molar-refractivity contribution >= 4 is 17.9 Å². The number of fused-ring (bicyclic) bond motifs is 1. The summed E-state index contributed by atoms with van der Waals surface area (Å²) in [7, 11) is 0. The molecule has 0 aromatic carbocycles. The third-order valence-electron chi connectivity index (χ3n) is 8.45. The highest BCUT2D eigenvalue weighted by Crippen LogP contribution is 2.63. The summed E-state index contributed by atoms with van der Waals surface area (Å²) in [5.41, 5.74) is -1.75. The summed E-state index contributed by atoms with van der Waals surface area (Å²) in [4.78, 5) is 38.7. The van der Waals surface area contributed by atoms with Gasteiger partial charge in [-0.3, -0.25) is 9.59 Å². The summed E-state index contributed by atoms with van der Waals surface area (Å²) in [6, 6.07) is 0. The zero-order valence-corrected chi connectivity index (χ0v) is 18.1. The van der Waals surface area contributed by atoms with E-state index in [0.29, 0.717) is 31.1 Å². The first kappa shape index (κ1) is 20.1. The number of hydrogen-bond acceptors (Lipinski definition) is 6. The molecule has 5 fully saturated rings. The summed E-state index contributed by atoms with van der Waals surface area (Å²) < 4.78 is 17.4. The van der Waals surface area contributed by atoms with Crippen LogP contribution >= 0.6 is 0 Å². The van der Waals surface area contributed by atoms with Crippen LogP contribution in [0, 0.1) is 28.6 Å². The van der Waals surface area contributed by atoms with E-state index >= 15 is 0 Å². The minimum atomic E-state index is -0.817. The Bertz CT molecular complexity index is 797. The molecule has 5 unspecified atom stereocenters. The molecule has 6 heteroatoms. The van der Waals surface area contributed by atoms with Crippen LogP contribution in [0.1, 0.15) is 72.1 Å². The van der Waals surface area contributed by atoms with Crippen molar-refractivity contribution in [2.75, 3.05) is 0 Å². The molecule has 1 saturated heterocycles. The minimum Gasteiger partial charge on any atom is -0.459 e. The summed E-state index contributed by atoms with van der Waals surface area (Å²) in [6.45, 7) is 5.82. The number of hydrogen-bond donors (Lipinski definition) is 0. The van der Waals surface area contributed by atoms with Crippen molar-refractivity contribution in [2.24, 2.45) is 28.6 Å². The maximum atomic E-state index is 13.5. The summed E-state index contributed by atoms with van der Waals surface area (Å²) >= 11 is 0. The number of esters is 3. The van der Waals surface area contributed by atoms with Gasteiger partial charge < -0.3 is 14.2 Å². The van der Waals surface area contributed by atoms with E-state index in [9.17, 15) is 14.4 Å². The molecule has 164 valence electrons. The Morgan fingerprint density at radius 3 is 2.57 bits per heavy atom. The molecule has 6 nitrogen and oxygen atoms in total. The molecule has 30 heavy (non-hydrogen) atoms. The zero-order chi connectivity index (χ0) is 21.3. The molecule has 4 bridgehead atoms. The van der Waals surface area contributed by atoms with E-state index in [2.05, 4.69) is 0 Å². The highest BCUT2D eigenvalue weighted by molar-refractivity contribution is 5.85. The van der Waals surface area contributed by atoms with Gasteiger partial charge in [0.2, 0.25) is 6.10 Å². The molecule has 1 aliphatic heterocycles. The Morgan fingerprint density at radius 2 is 1.90 bits per heavy atom. The molecule has 6 aliphatic rings. The topological polar surface area (TPSA) is 78.9 Å². The van der Waals surface area contributed by atoms with Crippen molar-refractivity contribution in [3.63, 3.8) is 0 Å². The van der Waals surface area contributed by atoms with Crippen LogP contribution in [-0.2, 0) is 28.6 Å². The fourth-order valence-electron chi connectivity index (χ4n) is 6.84. The standard InChI is InChI=1S/C24H32O6/c1-4-22(2,3)20(26)30-24-11-14-8-15(12-24)10-23(9-14,13-24)21(27)29-18-16-6-5-7-17(16)28-19(18)25/h5,7,14-18H,4,6,8-13H2,1-3H3. The second-order valence-electron chi connectivity index (χ2n) is 11.1. The highest BCUT2D eigenvalue weighted by atomic mass is 16.6. The Hall–Kier alpha value is -1.85. The molecule has 0 spiro atoms. The molecule has 6 rings (SSSR count). The van der Waals surface area contributed by atoms with Gasteiger partial charge in [0.15, 0.2) is 0 Å². The van der Waals surface area contributed by atoms with E-state index < -0.39 is 28.5 Å². The van der Waals surface area contributed by atoms with Gasteiger partial charge >= 0.3 is 17.9 Å². The Labute approximate surface area is 177 Å². The Balaban J connectivity index is 1.36. The van der Waals surface area contributed by atoms with Gasteiger partial charge in [-0.15, -0.1) is 0 Å². The first-order valence-corrected chi connectivity index (χ1v) is 11.5. The summed E-state index contributed by atoms with van der Waals surface area (Å²) in [6.07, 6.45) is 9.01. The van der Waals surface area contributed by atoms with Gasteiger partial charge in [-0.2, -0.15) is 0 Å². The molecule has 0 amide bonds. The fourth-order valence-corrected chi connectivity index (χ4v) is 6.84. The van der Waals surface area contributed by atoms with Crippen LogP contribution in [0.5, 0.6) is 0 Å². The van der Waals surface area contributed by atoms with Crippen LogP contribution in [0.15, 0.2) is 12.2 Å². The summed E-state index contributed by atoms with van der Waals surface area (Å²) in [5, 5.41) is 0. The van der Waals surface area contributed by atoms with E-state index in [1.165, 1.54) is 0 Å². The predicted molar refractivity (Wildman–Crippen MR) is 107 cm³/mol. The number of carbonyl (C=O) groups is 3. The lowest BCUT2D eigenvalue weighted by Crippen LogP contribution is -2.61. The van der Waals surface area contributed by atoms with Gasteiger partial charge in [0, 0.05) is 6.42 Å². The van der Waals surface area contributed by atoms with E-state index in [4.69, 9.17) is 14.2 Å². The quantitative estimate of drug-likeness (QED) is 0.386. The zero-order valence-electron chi connectivity index (χ0n) is 18.1. The third kappa shape index (κ3) is 3.01. The first-order valence-electron chi connectivity index (χ1n) is 11.5. The van der Waals surface area contributed by atoms with Crippen molar-refractivity contribution in [2.45, 2.75) is 89.9 Å². The molecule has 5 atom stereocenters. The SMILES string of the molecule is CCC(C)(C)C(=O)OC12CC3CC(C1)CC(C(=O)OC1C(=O)OC4C=CCC41)(C3)C2. The number of ether oxygens (including phenoxy) is 3. The largest absolute Gasteiger partial charge is 0.459 e. The van der Waals surface area contributed by atoms with Crippen molar-refractivity contribution in [3.05, 3.63) is 12.2 Å². The van der Waals surface area contributed by atoms with Crippen molar-refractivity contribution in [1.29, 1.82) is 0 Å². The molecule has 0 aromatic heterocycles. The minimum absolute atomic E-state index is 0.104. The van der Waals surface area contributed by atoms with Crippen LogP contribution in [0.3, 0.4) is 0 Å². The van der Waals surface area contributed by atoms with Gasteiger partial charge in [-0.1, -0.05) is 13.0 Å². The first-order chi connectivity index (χ1) is 14.2. The average Bonchev–Trinajstić information content (AvgIpc) is 3.22. The van der Waals surface area contributed by atoms with Gasteiger partial charge in [-0.05, 0) is 76.7 Å². The lowest BCUT2D eigenvalue weighted by atomic mass is 9.48. The summed E-state index contributed by atoms with van der Waals surface area (Å²) in [5.74, 6) is -0.262. The van der Waals surface area contributed by atoms with Gasteiger partial charge in [-0.25, -0.2) is 4.79 Å². The molecular formula is C24H32O6.